The van der Waals surface area contributed by atoms with Gasteiger partial charge < -0.3 is 24.7 Å². The van der Waals surface area contributed by atoms with Crippen molar-refractivity contribution in [2.75, 3.05) is 7.11 Å². The molecular weight excluding hydrogens is 572 g/mol. The Kier molecular flexibility index (Phi) is 7.44. The second-order valence-corrected chi connectivity index (χ2v) is 10.9. The third-order valence-corrected chi connectivity index (χ3v) is 8.54. The van der Waals surface area contributed by atoms with E-state index in [9.17, 15) is 10.1 Å². The fourth-order valence-electron chi connectivity index (χ4n) is 4.86. The van der Waals surface area contributed by atoms with Crippen LogP contribution in [0, 0.1) is 11.3 Å². The number of carbonyl (C=O) groups is 1. The smallest absolute Gasteiger partial charge is 0.355 e. The first kappa shape index (κ1) is 27.2. The SMILES string of the molecule is COc1cc(C2C(C#N)=C(N)Oc3cc(OC(=O)c4sc5ccccc5c4Cl)ccc32)ccc1OCc1ccccc1. The number of ether oxygens (including phenoxy) is 4. The van der Waals surface area contributed by atoms with Gasteiger partial charge in [0.25, 0.3) is 0 Å². The Hall–Kier alpha value is -4.97. The van der Waals surface area contributed by atoms with Crippen LogP contribution in [0.25, 0.3) is 10.1 Å². The lowest BCUT2D eigenvalue weighted by Gasteiger charge is -2.27. The van der Waals surface area contributed by atoms with Crippen molar-refractivity contribution in [1.82, 2.24) is 0 Å². The third-order valence-electron chi connectivity index (χ3n) is 6.88. The topological polar surface area (TPSA) is 104 Å². The van der Waals surface area contributed by atoms with Gasteiger partial charge in [0.05, 0.1) is 18.1 Å². The van der Waals surface area contributed by atoms with E-state index in [1.54, 1.807) is 25.3 Å². The van der Waals surface area contributed by atoms with Crippen LogP contribution in [-0.4, -0.2) is 13.1 Å². The summed E-state index contributed by atoms with van der Waals surface area (Å²) in [5.41, 5.74) is 8.92. The molecule has 6 rings (SSSR count). The van der Waals surface area contributed by atoms with Gasteiger partial charge in [-0.2, -0.15) is 5.26 Å². The summed E-state index contributed by atoms with van der Waals surface area (Å²) in [6, 6.07) is 30.0. The molecule has 0 radical (unpaired) electrons. The maximum atomic E-state index is 13.0. The molecule has 1 aliphatic heterocycles. The molecule has 1 unspecified atom stereocenters. The minimum Gasteiger partial charge on any atom is -0.493 e. The van der Waals surface area contributed by atoms with Gasteiger partial charge in [-0.3, -0.25) is 0 Å². The van der Waals surface area contributed by atoms with Gasteiger partial charge in [0.15, 0.2) is 11.5 Å². The van der Waals surface area contributed by atoms with Crippen molar-refractivity contribution >= 4 is 39.0 Å². The van der Waals surface area contributed by atoms with Gasteiger partial charge >= 0.3 is 5.97 Å². The van der Waals surface area contributed by atoms with Crippen molar-refractivity contribution in [1.29, 1.82) is 5.26 Å². The number of thiophene rings is 1. The van der Waals surface area contributed by atoms with Crippen LogP contribution in [0.5, 0.6) is 23.0 Å². The number of carbonyl (C=O) groups excluding carboxylic acids is 1. The fraction of sp³-hybridized carbons (Fsp3) is 0.0909. The summed E-state index contributed by atoms with van der Waals surface area (Å²) in [6.45, 7) is 0.376. The zero-order valence-electron chi connectivity index (χ0n) is 22.3. The van der Waals surface area contributed by atoms with E-state index in [2.05, 4.69) is 6.07 Å². The second-order valence-electron chi connectivity index (χ2n) is 9.44. The van der Waals surface area contributed by atoms with Crippen LogP contribution in [0.4, 0.5) is 0 Å². The lowest BCUT2D eigenvalue weighted by molar-refractivity contribution is 0.0740. The van der Waals surface area contributed by atoms with Crippen molar-refractivity contribution < 1.29 is 23.7 Å². The summed E-state index contributed by atoms with van der Waals surface area (Å²) in [5.74, 6) is 0.541. The summed E-state index contributed by atoms with van der Waals surface area (Å²) in [5, 5.41) is 11.1. The maximum absolute atomic E-state index is 13.0. The summed E-state index contributed by atoms with van der Waals surface area (Å²) in [4.78, 5) is 13.3. The molecule has 0 saturated heterocycles. The number of nitrogens with zero attached hydrogens (tertiary/aromatic N) is 1. The highest BCUT2D eigenvalue weighted by Crippen LogP contribution is 2.45. The van der Waals surface area contributed by atoms with Gasteiger partial charge in [-0.05, 0) is 35.4 Å². The largest absolute Gasteiger partial charge is 0.493 e. The van der Waals surface area contributed by atoms with E-state index in [4.69, 9.17) is 36.3 Å². The standard InChI is InChI=1S/C33H23ClN2O5S/c1-38-27-15-20(11-14-25(27)39-18-19-7-3-2-4-8-19)29-22-13-12-21(16-26(22)41-32(36)24(29)17-35)40-33(37)31-30(34)23-9-5-6-10-28(23)42-31/h2-16,29H,18,36H2,1H3. The molecule has 5 aromatic rings. The predicted octanol–water partition coefficient (Wildman–Crippen LogP) is 7.58. The van der Waals surface area contributed by atoms with Gasteiger partial charge in [-0.25, -0.2) is 4.79 Å². The van der Waals surface area contributed by atoms with Crippen molar-refractivity contribution in [2.24, 2.45) is 5.73 Å². The minimum absolute atomic E-state index is 0.0330. The van der Waals surface area contributed by atoms with Crippen LogP contribution in [0.15, 0.2) is 102 Å². The van der Waals surface area contributed by atoms with Crippen molar-refractivity contribution in [3.63, 3.8) is 0 Å². The molecule has 208 valence electrons. The summed E-state index contributed by atoms with van der Waals surface area (Å²) in [7, 11) is 1.56. The number of methoxy groups -OCH3 is 1. The number of rotatable bonds is 7. The van der Waals surface area contributed by atoms with E-state index in [-0.39, 0.29) is 17.2 Å². The molecule has 1 atom stereocenters. The van der Waals surface area contributed by atoms with Crippen molar-refractivity contribution in [3.05, 3.63) is 129 Å². The van der Waals surface area contributed by atoms with Crippen LogP contribution >= 0.6 is 22.9 Å². The van der Waals surface area contributed by atoms with Crippen LogP contribution in [-0.2, 0) is 6.61 Å². The first-order chi connectivity index (χ1) is 20.5. The summed E-state index contributed by atoms with van der Waals surface area (Å²) >= 11 is 7.74. The zero-order valence-corrected chi connectivity index (χ0v) is 23.9. The Balaban J connectivity index is 1.29. The number of benzene rings is 4. The Morgan fingerprint density at radius 3 is 2.57 bits per heavy atom. The second kappa shape index (κ2) is 11.5. The molecule has 42 heavy (non-hydrogen) atoms. The van der Waals surface area contributed by atoms with Crippen LogP contribution in [0.2, 0.25) is 5.02 Å². The molecule has 2 heterocycles. The van der Waals surface area contributed by atoms with Crippen LogP contribution in [0.1, 0.15) is 32.3 Å². The number of nitriles is 1. The monoisotopic (exact) mass is 594 g/mol. The highest BCUT2D eigenvalue weighted by atomic mass is 35.5. The van der Waals surface area contributed by atoms with Gasteiger partial charge in [0.2, 0.25) is 5.88 Å². The highest BCUT2D eigenvalue weighted by Gasteiger charge is 2.32. The van der Waals surface area contributed by atoms with Crippen molar-refractivity contribution in [2.45, 2.75) is 12.5 Å². The molecule has 4 aromatic carbocycles. The Morgan fingerprint density at radius 1 is 1.02 bits per heavy atom. The van der Waals surface area contributed by atoms with E-state index in [1.807, 2.05) is 72.8 Å². The highest BCUT2D eigenvalue weighted by molar-refractivity contribution is 7.21. The Labute approximate surface area is 250 Å². The first-order valence-corrected chi connectivity index (χ1v) is 14.1. The van der Waals surface area contributed by atoms with Crippen LogP contribution in [0.3, 0.4) is 0 Å². The molecular formula is C33H23ClN2O5S. The molecule has 9 heteroatoms. The third kappa shape index (κ3) is 5.12. The van der Waals surface area contributed by atoms with Gasteiger partial charge in [0, 0.05) is 21.7 Å². The average Bonchev–Trinajstić information content (AvgIpc) is 3.36. The minimum atomic E-state index is -0.578. The van der Waals surface area contributed by atoms with Gasteiger partial charge in [-0.15, -0.1) is 11.3 Å². The molecule has 0 spiro atoms. The summed E-state index contributed by atoms with van der Waals surface area (Å²) in [6.07, 6.45) is 0. The molecule has 1 aliphatic rings. The number of hydrogen-bond donors (Lipinski definition) is 1. The average molecular weight is 595 g/mol. The lowest BCUT2D eigenvalue weighted by Crippen LogP contribution is -2.21. The van der Waals surface area contributed by atoms with E-state index < -0.39 is 11.9 Å². The Bertz CT molecular complexity index is 1890. The van der Waals surface area contributed by atoms with E-state index >= 15 is 0 Å². The summed E-state index contributed by atoms with van der Waals surface area (Å²) < 4.78 is 24.0. The number of nitrogens with two attached hydrogens (primary N) is 1. The molecule has 0 amide bonds. The molecule has 0 fully saturated rings. The molecule has 7 nitrogen and oxygen atoms in total. The first-order valence-electron chi connectivity index (χ1n) is 12.9. The van der Waals surface area contributed by atoms with Gasteiger partial charge in [0.1, 0.15) is 34.6 Å². The molecule has 0 saturated carbocycles. The number of halogens is 1. The lowest BCUT2D eigenvalue weighted by atomic mass is 9.83. The Morgan fingerprint density at radius 2 is 1.81 bits per heavy atom. The number of allylic oxidation sites excluding steroid dienone is 1. The van der Waals surface area contributed by atoms with Crippen LogP contribution < -0.4 is 24.7 Å². The molecule has 0 bridgehead atoms. The normalized spacial score (nSPS) is 14.1. The number of hydrogen-bond acceptors (Lipinski definition) is 8. The molecule has 1 aromatic heterocycles. The van der Waals surface area contributed by atoms with Crippen molar-refractivity contribution in [3.8, 4) is 29.1 Å². The maximum Gasteiger partial charge on any atom is 0.355 e. The quantitative estimate of drug-likeness (QED) is 0.153. The zero-order chi connectivity index (χ0) is 29.2. The van der Waals surface area contributed by atoms with E-state index in [1.165, 1.54) is 11.3 Å². The predicted molar refractivity (Wildman–Crippen MR) is 161 cm³/mol. The van der Waals surface area contributed by atoms with Gasteiger partial charge in [-0.1, -0.05) is 72.3 Å². The van der Waals surface area contributed by atoms with E-state index in [0.29, 0.717) is 39.3 Å². The molecule has 0 aliphatic carbocycles. The fourth-order valence-corrected chi connectivity index (χ4v) is 6.24. The van der Waals surface area contributed by atoms with E-state index in [0.717, 1.165) is 21.2 Å². The molecule has 2 N–H and O–H groups in total. The number of fused-ring (bicyclic) bond motifs is 2. The number of esters is 1.